The normalized spacial score (nSPS) is 11.1. The third kappa shape index (κ3) is 4.88. The van der Waals surface area contributed by atoms with Gasteiger partial charge in [-0.3, -0.25) is 4.72 Å². The van der Waals surface area contributed by atoms with Gasteiger partial charge in [0, 0.05) is 18.0 Å². The molecule has 2 aromatic carbocycles. The smallest absolute Gasteiger partial charge is 0.263 e. The average Bonchev–Trinajstić information content (AvgIpc) is 2.68. The van der Waals surface area contributed by atoms with Crippen LogP contribution in [-0.4, -0.2) is 24.9 Å². The molecule has 0 saturated heterocycles. The van der Waals surface area contributed by atoms with Crippen molar-refractivity contribution in [3.05, 3.63) is 53.6 Å². The molecule has 1 aromatic heterocycles. The number of benzene rings is 2. The lowest BCUT2D eigenvalue weighted by atomic mass is 10.2. The first-order valence-electron chi connectivity index (χ1n) is 8.65. The number of aromatic nitrogens is 2. The number of nitrogens with zero attached hydrogens (tertiary/aromatic N) is 3. The van der Waals surface area contributed by atoms with Crippen molar-refractivity contribution in [2.45, 2.75) is 24.2 Å². The predicted molar refractivity (Wildman–Crippen MR) is 110 cm³/mol. The Labute approximate surface area is 168 Å². The highest BCUT2D eigenvalue weighted by Crippen LogP contribution is 2.25. The fourth-order valence-electron chi connectivity index (χ4n) is 2.55. The topological polar surface area (TPSA) is 108 Å². The van der Waals surface area contributed by atoms with Crippen molar-refractivity contribution >= 4 is 44.3 Å². The third-order valence-electron chi connectivity index (χ3n) is 3.92. The molecule has 0 unspecified atom stereocenters. The van der Waals surface area contributed by atoms with E-state index in [-0.39, 0.29) is 10.7 Å². The van der Waals surface area contributed by atoms with Gasteiger partial charge in [-0.25, -0.2) is 18.4 Å². The minimum Gasteiger partial charge on any atom is -0.367 e. The van der Waals surface area contributed by atoms with Gasteiger partial charge in [0.15, 0.2) is 11.6 Å². The van der Waals surface area contributed by atoms with E-state index in [1.807, 2.05) is 6.07 Å². The Kier molecular flexibility index (Phi) is 6.29. The van der Waals surface area contributed by atoms with E-state index in [4.69, 9.17) is 16.9 Å². The highest BCUT2D eigenvalue weighted by molar-refractivity contribution is 7.92. The van der Waals surface area contributed by atoms with Gasteiger partial charge in [0.1, 0.15) is 0 Å². The SMILES string of the molecule is N#CCCCCNc1nc2ccccc2nc1NS(=O)(=O)c1cccc(Cl)c1. The number of anilines is 2. The Balaban J connectivity index is 1.91. The van der Waals surface area contributed by atoms with E-state index in [9.17, 15) is 8.42 Å². The second-order valence-electron chi connectivity index (χ2n) is 6.01. The molecule has 3 aromatic rings. The quantitative estimate of drug-likeness (QED) is 0.534. The largest absolute Gasteiger partial charge is 0.367 e. The summed E-state index contributed by atoms with van der Waals surface area (Å²) in [6, 6.07) is 15.3. The molecule has 7 nitrogen and oxygen atoms in total. The van der Waals surface area contributed by atoms with Crippen molar-refractivity contribution in [1.82, 2.24) is 9.97 Å². The van der Waals surface area contributed by atoms with Crippen LogP contribution in [0.5, 0.6) is 0 Å². The molecule has 0 fully saturated rings. The fourth-order valence-corrected chi connectivity index (χ4v) is 3.86. The van der Waals surface area contributed by atoms with Crippen LogP contribution in [0.25, 0.3) is 11.0 Å². The summed E-state index contributed by atoms with van der Waals surface area (Å²) in [7, 11) is -3.89. The predicted octanol–water partition coefficient (Wildman–Crippen LogP) is 4.19. The van der Waals surface area contributed by atoms with Crippen LogP contribution in [0.3, 0.4) is 0 Å². The summed E-state index contributed by atoms with van der Waals surface area (Å²) < 4.78 is 28.0. The highest BCUT2D eigenvalue weighted by Gasteiger charge is 2.19. The lowest BCUT2D eigenvalue weighted by Crippen LogP contribution is -2.17. The van der Waals surface area contributed by atoms with Crippen LogP contribution in [0.15, 0.2) is 53.4 Å². The summed E-state index contributed by atoms with van der Waals surface area (Å²) in [6.07, 6.45) is 1.97. The van der Waals surface area contributed by atoms with Gasteiger partial charge in [0.05, 0.1) is 22.0 Å². The van der Waals surface area contributed by atoms with Gasteiger partial charge in [-0.15, -0.1) is 0 Å². The Hall–Kier alpha value is -2.89. The number of hydrogen-bond donors (Lipinski definition) is 2. The van der Waals surface area contributed by atoms with E-state index < -0.39 is 10.0 Å². The molecule has 0 aliphatic rings. The monoisotopic (exact) mass is 415 g/mol. The van der Waals surface area contributed by atoms with E-state index in [0.29, 0.717) is 34.8 Å². The molecule has 0 spiro atoms. The zero-order chi connectivity index (χ0) is 20.0. The molecule has 9 heteroatoms. The van der Waals surface area contributed by atoms with E-state index >= 15 is 0 Å². The van der Waals surface area contributed by atoms with E-state index in [2.05, 4.69) is 26.1 Å². The van der Waals surface area contributed by atoms with Crippen molar-refractivity contribution in [1.29, 1.82) is 5.26 Å². The number of halogens is 1. The lowest BCUT2D eigenvalue weighted by Gasteiger charge is -2.14. The maximum absolute atomic E-state index is 12.8. The van der Waals surface area contributed by atoms with Gasteiger partial charge >= 0.3 is 0 Å². The number of hydrogen-bond acceptors (Lipinski definition) is 6. The van der Waals surface area contributed by atoms with Crippen LogP contribution in [0.1, 0.15) is 19.3 Å². The molecule has 0 atom stereocenters. The summed E-state index contributed by atoms with van der Waals surface area (Å²) in [6.45, 7) is 0.542. The van der Waals surface area contributed by atoms with Gasteiger partial charge in [0.2, 0.25) is 0 Å². The molecule has 2 N–H and O–H groups in total. The third-order valence-corrected chi connectivity index (χ3v) is 5.49. The summed E-state index contributed by atoms with van der Waals surface area (Å²) in [5.41, 5.74) is 1.22. The van der Waals surface area contributed by atoms with E-state index in [0.717, 1.165) is 12.8 Å². The first kappa shape index (κ1) is 19.9. The summed E-state index contributed by atoms with van der Waals surface area (Å²) >= 11 is 5.92. The van der Waals surface area contributed by atoms with Crippen LogP contribution in [0.2, 0.25) is 5.02 Å². The first-order valence-corrected chi connectivity index (χ1v) is 10.5. The maximum atomic E-state index is 12.8. The Morgan fingerprint density at radius 1 is 1.00 bits per heavy atom. The van der Waals surface area contributed by atoms with E-state index in [1.54, 1.807) is 30.3 Å². The number of sulfonamides is 1. The molecule has 0 amide bonds. The molecule has 1 heterocycles. The molecule has 144 valence electrons. The molecule has 0 bridgehead atoms. The zero-order valence-corrected chi connectivity index (χ0v) is 16.5. The minimum atomic E-state index is -3.89. The van der Waals surface area contributed by atoms with E-state index in [1.165, 1.54) is 12.1 Å². The molecule has 3 rings (SSSR count). The van der Waals surface area contributed by atoms with Crippen molar-refractivity contribution < 1.29 is 8.42 Å². The Morgan fingerprint density at radius 3 is 2.39 bits per heavy atom. The molecule has 0 aliphatic heterocycles. The van der Waals surface area contributed by atoms with Crippen LogP contribution in [0, 0.1) is 11.3 Å². The lowest BCUT2D eigenvalue weighted by molar-refractivity contribution is 0.601. The number of unbranched alkanes of at least 4 members (excludes halogenated alkanes) is 2. The van der Waals surface area contributed by atoms with Gasteiger partial charge in [-0.1, -0.05) is 29.8 Å². The van der Waals surface area contributed by atoms with Crippen molar-refractivity contribution in [2.24, 2.45) is 0 Å². The molecule has 0 radical (unpaired) electrons. The molecule has 28 heavy (non-hydrogen) atoms. The second kappa shape index (κ2) is 8.87. The van der Waals surface area contributed by atoms with Gasteiger partial charge in [0.25, 0.3) is 10.0 Å². The summed E-state index contributed by atoms with van der Waals surface area (Å²) in [4.78, 5) is 8.96. The number of nitriles is 1. The van der Waals surface area contributed by atoms with Gasteiger partial charge < -0.3 is 5.32 Å². The summed E-state index contributed by atoms with van der Waals surface area (Å²) in [5.74, 6) is 0.445. The number of fused-ring (bicyclic) bond motifs is 1. The van der Waals surface area contributed by atoms with Gasteiger partial charge in [-0.05, 0) is 43.2 Å². The second-order valence-corrected chi connectivity index (χ2v) is 8.13. The first-order chi connectivity index (χ1) is 13.5. The number of para-hydroxylation sites is 2. The van der Waals surface area contributed by atoms with Crippen LogP contribution < -0.4 is 10.0 Å². The fraction of sp³-hybridized carbons (Fsp3) is 0.211. The van der Waals surface area contributed by atoms with Crippen LogP contribution in [-0.2, 0) is 10.0 Å². The standard InChI is InChI=1S/C19H18ClN5O2S/c20-14-7-6-8-15(13-14)28(26,27)25-19-18(22-12-5-1-4-11-21)23-16-9-2-3-10-17(16)24-19/h2-3,6-10,13H,1,4-5,12H2,(H,22,23)(H,24,25). The van der Waals surface area contributed by atoms with Crippen molar-refractivity contribution in [3.63, 3.8) is 0 Å². The zero-order valence-electron chi connectivity index (χ0n) is 14.9. The molecule has 0 saturated carbocycles. The molecular weight excluding hydrogens is 398 g/mol. The van der Waals surface area contributed by atoms with Crippen molar-refractivity contribution in [2.75, 3.05) is 16.6 Å². The van der Waals surface area contributed by atoms with Crippen molar-refractivity contribution in [3.8, 4) is 6.07 Å². The Morgan fingerprint density at radius 2 is 1.71 bits per heavy atom. The van der Waals surface area contributed by atoms with Gasteiger partial charge in [-0.2, -0.15) is 5.26 Å². The van der Waals surface area contributed by atoms with Crippen LogP contribution in [0.4, 0.5) is 11.6 Å². The number of rotatable bonds is 8. The number of nitrogens with one attached hydrogen (secondary N) is 2. The van der Waals surface area contributed by atoms with Crippen LogP contribution >= 0.6 is 11.6 Å². The highest BCUT2D eigenvalue weighted by atomic mass is 35.5. The average molecular weight is 416 g/mol. The maximum Gasteiger partial charge on any atom is 0.263 e. The molecular formula is C19H18ClN5O2S. The Bertz CT molecular complexity index is 1130. The summed E-state index contributed by atoms with van der Waals surface area (Å²) in [5, 5.41) is 12.1. The molecule has 0 aliphatic carbocycles. The minimum absolute atomic E-state index is 0.0370.